The predicted molar refractivity (Wildman–Crippen MR) is 110 cm³/mol. The van der Waals surface area contributed by atoms with Gasteiger partial charge >= 0.3 is 5.97 Å². The molecule has 1 fully saturated rings. The summed E-state index contributed by atoms with van der Waals surface area (Å²) in [5, 5.41) is 9.54. The van der Waals surface area contributed by atoms with Crippen LogP contribution >= 0.6 is 11.8 Å². The van der Waals surface area contributed by atoms with Gasteiger partial charge in [-0.2, -0.15) is 0 Å². The lowest BCUT2D eigenvalue weighted by atomic mass is 10.1. The van der Waals surface area contributed by atoms with Gasteiger partial charge in [-0.3, -0.25) is 9.36 Å². The Balaban J connectivity index is 1.91. The van der Waals surface area contributed by atoms with Crippen molar-refractivity contribution in [3.8, 4) is 5.69 Å². The van der Waals surface area contributed by atoms with Crippen molar-refractivity contribution in [2.24, 2.45) is 0 Å². The van der Waals surface area contributed by atoms with Crippen LogP contribution in [0.5, 0.6) is 0 Å². The van der Waals surface area contributed by atoms with E-state index in [9.17, 15) is 4.79 Å². The molecule has 7 nitrogen and oxygen atoms in total. The zero-order valence-corrected chi connectivity index (χ0v) is 17.8. The largest absolute Gasteiger partial charge is 0.459 e. The number of hydrogen-bond acceptors (Lipinski definition) is 7. The van der Waals surface area contributed by atoms with E-state index in [0.717, 1.165) is 31.1 Å². The highest BCUT2D eigenvalue weighted by atomic mass is 32.2. The lowest BCUT2D eigenvalue weighted by molar-refractivity contribution is -0.151. The first-order chi connectivity index (χ1) is 13.4. The molecule has 3 rings (SSSR count). The fourth-order valence-electron chi connectivity index (χ4n) is 3.06. The summed E-state index contributed by atoms with van der Waals surface area (Å²) in [6.45, 7) is 10.6. The summed E-state index contributed by atoms with van der Waals surface area (Å²) in [5.41, 5.74) is 1.75. The highest BCUT2D eigenvalue weighted by molar-refractivity contribution is 7.99. The van der Waals surface area contributed by atoms with Crippen molar-refractivity contribution in [2.75, 3.05) is 37.0 Å². The monoisotopic (exact) mass is 404 g/mol. The minimum atomic E-state index is -0.501. The molecule has 1 aromatic carbocycles. The molecule has 0 atom stereocenters. The topological polar surface area (TPSA) is 69.5 Å². The molecule has 1 aliphatic heterocycles. The molecule has 2 aromatic rings. The van der Waals surface area contributed by atoms with Crippen molar-refractivity contribution in [2.45, 2.75) is 44.9 Å². The second-order valence-electron chi connectivity index (χ2n) is 7.57. The molecule has 0 unspecified atom stereocenters. The first-order valence-corrected chi connectivity index (χ1v) is 10.6. The van der Waals surface area contributed by atoms with E-state index in [0.29, 0.717) is 18.4 Å². The quantitative estimate of drug-likeness (QED) is 0.541. The van der Waals surface area contributed by atoms with Crippen LogP contribution in [0.15, 0.2) is 29.4 Å². The molecule has 1 aliphatic rings. The average molecular weight is 405 g/mol. The average Bonchev–Trinajstić information content (AvgIpc) is 3.09. The minimum Gasteiger partial charge on any atom is -0.459 e. The summed E-state index contributed by atoms with van der Waals surface area (Å²) in [6, 6.07) is 8.24. The standard InChI is InChI=1S/C20H28N4O3S/c1-5-15-8-6-7-9-16(15)24-18(23-10-12-26-13-11-23)21-22-19(24)28-14-17(25)27-20(2,3)4/h6-9H,5,10-14H2,1-4H3. The van der Waals surface area contributed by atoms with Gasteiger partial charge in [0.05, 0.1) is 24.7 Å². The molecule has 0 amide bonds. The molecule has 1 aromatic heterocycles. The van der Waals surface area contributed by atoms with E-state index in [1.165, 1.54) is 17.3 Å². The number of nitrogens with zero attached hydrogens (tertiary/aromatic N) is 4. The van der Waals surface area contributed by atoms with E-state index in [1.807, 2.05) is 32.9 Å². The van der Waals surface area contributed by atoms with E-state index in [4.69, 9.17) is 9.47 Å². The molecule has 0 spiro atoms. The van der Waals surface area contributed by atoms with Crippen LogP contribution in [0.1, 0.15) is 33.3 Å². The van der Waals surface area contributed by atoms with Crippen LogP contribution in [0.3, 0.4) is 0 Å². The lowest BCUT2D eigenvalue weighted by Gasteiger charge is -2.28. The third-order valence-electron chi connectivity index (χ3n) is 4.26. The maximum absolute atomic E-state index is 12.2. The molecule has 1 saturated heterocycles. The maximum atomic E-state index is 12.2. The van der Waals surface area contributed by atoms with Gasteiger partial charge in [0.2, 0.25) is 5.95 Å². The number of rotatable bonds is 6. The number of benzene rings is 1. The van der Waals surface area contributed by atoms with Gasteiger partial charge in [-0.05, 0) is 38.8 Å². The Morgan fingerprint density at radius 1 is 1.21 bits per heavy atom. The minimum absolute atomic E-state index is 0.187. The third-order valence-corrected chi connectivity index (χ3v) is 5.17. The number of carbonyl (C=O) groups is 1. The fourth-order valence-corrected chi connectivity index (χ4v) is 3.77. The summed E-state index contributed by atoms with van der Waals surface area (Å²) in [4.78, 5) is 14.4. The predicted octanol–water partition coefficient (Wildman–Crippen LogP) is 3.10. The molecule has 8 heteroatoms. The molecule has 152 valence electrons. The number of morpholine rings is 1. The van der Waals surface area contributed by atoms with Gasteiger partial charge in [-0.25, -0.2) is 0 Å². The van der Waals surface area contributed by atoms with Gasteiger partial charge < -0.3 is 14.4 Å². The highest BCUT2D eigenvalue weighted by Crippen LogP contribution is 2.29. The smallest absolute Gasteiger partial charge is 0.316 e. The van der Waals surface area contributed by atoms with Crippen LogP contribution in [-0.2, 0) is 20.7 Å². The second kappa shape index (κ2) is 8.96. The van der Waals surface area contributed by atoms with Gasteiger partial charge in [0.15, 0.2) is 5.16 Å². The van der Waals surface area contributed by atoms with Crippen molar-refractivity contribution >= 4 is 23.7 Å². The van der Waals surface area contributed by atoms with Crippen LogP contribution in [0.2, 0.25) is 0 Å². The van der Waals surface area contributed by atoms with E-state index < -0.39 is 5.60 Å². The molecular formula is C20H28N4O3S. The number of carbonyl (C=O) groups excluding carboxylic acids is 1. The van der Waals surface area contributed by atoms with Crippen molar-refractivity contribution in [1.29, 1.82) is 0 Å². The molecule has 28 heavy (non-hydrogen) atoms. The van der Waals surface area contributed by atoms with Crippen LogP contribution in [-0.4, -0.2) is 58.4 Å². The van der Waals surface area contributed by atoms with Crippen LogP contribution < -0.4 is 4.90 Å². The van der Waals surface area contributed by atoms with E-state index in [-0.39, 0.29) is 11.7 Å². The molecule has 0 N–H and O–H groups in total. The van der Waals surface area contributed by atoms with Crippen LogP contribution in [0.4, 0.5) is 5.95 Å². The number of anilines is 1. The van der Waals surface area contributed by atoms with Crippen molar-refractivity contribution in [1.82, 2.24) is 14.8 Å². The Hall–Kier alpha value is -2.06. The summed E-state index contributed by atoms with van der Waals surface area (Å²) < 4.78 is 13.0. The normalized spacial score (nSPS) is 14.9. The van der Waals surface area contributed by atoms with Gasteiger partial charge in [-0.1, -0.05) is 36.9 Å². The summed E-state index contributed by atoms with van der Waals surface area (Å²) in [5.74, 6) is 0.715. The number of hydrogen-bond donors (Lipinski definition) is 0. The Labute approximate surface area is 170 Å². The maximum Gasteiger partial charge on any atom is 0.316 e. The van der Waals surface area contributed by atoms with Crippen molar-refractivity contribution in [3.05, 3.63) is 29.8 Å². The first kappa shape index (κ1) is 20.7. The van der Waals surface area contributed by atoms with Crippen molar-refractivity contribution < 1.29 is 14.3 Å². The molecule has 0 radical (unpaired) electrons. The Bertz CT molecular complexity index is 810. The molecular weight excluding hydrogens is 376 g/mol. The van der Waals surface area contributed by atoms with Gasteiger partial charge in [-0.15, -0.1) is 10.2 Å². The summed E-state index contributed by atoms with van der Waals surface area (Å²) in [6.07, 6.45) is 0.896. The van der Waals surface area contributed by atoms with Gasteiger partial charge in [0.25, 0.3) is 0 Å². The number of aryl methyl sites for hydroxylation is 1. The van der Waals surface area contributed by atoms with Gasteiger partial charge in [0.1, 0.15) is 5.60 Å². The first-order valence-electron chi connectivity index (χ1n) is 9.60. The number of esters is 1. The Kier molecular flexibility index (Phi) is 6.61. The van der Waals surface area contributed by atoms with Crippen LogP contribution in [0.25, 0.3) is 5.69 Å². The van der Waals surface area contributed by atoms with Crippen molar-refractivity contribution in [3.63, 3.8) is 0 Å². The summed E-state index contributed by atoms with van der Waals surface area (Å²) in [7, 11) is 0. The lowest BCUT2D eigenvalue weighted by Crippen LogP contribution is -2.38. The Morgan fingerprint density at radius 3 is 2.61 bits per heavy atom. The number of aromatic nitrogens is 3. The number of thioether (sulfide) groups is 1. The Morgan fingerprint density at radius 2 is 1.93 bits per heavy atom. The molecule has 0 aliphatic carbocycles. The fraction of sp³-hybridized carbons (Fsp3) is 0.550. The molecule has 2 heterocycles. The van der Waals surface area contributed by atoms with E-state index in [1.54, 1.807) is 0 Å². The molecule has 0 saturated carbocycles. The van der Waals surface area contributed by atoms with E-state index in [2.05, 4.69) is 38.7 Å². The van der Waals surface area contributed by atoms with E-state index >= 15 is 0 Å². The zero-order valence-electron chi connectivity index (χ0n) is 17.0. The van der Waals surface area contributed by atoms with Gasteiger partial charge in [0, 0.05) is 13.1 Å². The highest BCUT2D eigenvalue weighted by Gasteiger charge is 2.24. The summed E-state index contributed by atoms with van der Waals surface area (Å²) >= 11 is 1.35. The number of ether oxygens (including phenoxy) is 2. The SMILES string of the molecule is CCc1ccccc1-n1c(SCC(=O)OC(C)(C)C)nnc1N1CCOCC1. The number of para-hydroxylation sites is 1. The second-order valence-corrected chi connectivity index (χ2v) is 8.52. The zero-order chi connectivity index (χ0) is 20.1. The third kappa shape index (κ3) is 5.05. The molecule has 0 bridgehead atoms. The van der Waals surface area contributed by atoms with Crippen LogP contribution in [0, 0.1) is 0 Å².